The van der Waals surface area contributed by atoms with Gasteiger partial charge in [-0.3, -0.25) is 4.79 Å². The van der Waals surface area contributed by atoms with Gasteiger partial charge in [-0.05, 0) is 47.0 Å². The summed E-state index contributed by atoms with van der Waals surface area (Å²) in [6, 6.07) is 7.97. The summed E-state index contributed by atoms with van der Waals surface area (Å²) in [5, 5.41) is 8.66. The summed E-state index contributed by atoms with van der Waals surface area (Å²) < 4.78 is 1.67. The Balaban J connectivity index is 2.22. The number of nitriles is 1. The number of amides is 1. The van der Waals surface area contributed by atoms with E-state index in [1.807, 2.05) is 23.1 Å². The fourth-order valence-corrected chi connectivity index (χ4v) is 2.60. The van der Waals surface area contributed by atoms with Crippen LogP contribution in [0.4, 0.5) is 0 Å². The van der Waals surface area contributed by atoms with E-state index in [0.717, 1.165) is 21.8 Å². The van der Waals surface area contributed by atoms with Crippen molar-refractivity contribution in [2.45, 2.75) is 25.3 Å². The van der Waals surface area contributed by atoms with Gasteiger partial charge in [0, 0.05) is 21.5 Å². The lowest BCUT2D eigenvalue weighted by molar-refractivity contribution is 0.0746. The molecule has 0 atom stereocenters. The second-order valence-corrected chi connectivity index (χ2v) is 6.03. The van der Waals surface area contributed by atoms with Crippen LogP contribution in [0.1, 0.15) is 29.6 Å². The van der Waals surface area contributed by atoms with Crippen LogP contribution >= 0.6 is 31.9 Å². The summed E-state index contributed by atoms with van der Waals surface area (Å²) in [7, 11) is 0. The minimum atomic E-state index is 0.000856. The molecule has 0 aliphatic heterocycles. The van der Waals surface area contributed by atoms with Crippen molar-refractivity contribution in [2.75, 3.05) is 6.54 Å². The highest BCUT2D eigenvalue weighted by atomic mass is 79.9. The Morgan fingerprint density at radius 3 is 2.78 bits per heavy atom. The Bertz CT molecular complexity index is 506. The van der Waals surface area contributed by atoms with Crippen LogP contribution in [0.15, 0.2) is 27.1 Å². The van der Waals surface area contributed by atoms with Crippen LogP contribution in [-0.2, 0) is 0 Å². The first-order valence-corrected chi connectivity index (χ1v) is 7.35. The molecule has 0 heterocycles. The van der Waals surface area contributed by atoms with Gasteiger partial charge in [0.15, 0.2) is 0 Å². The number of hydrogen-bond donors (Lipinski definition) is 0. The summed E-state index contributed by atoms with van der Waals surface area (Å²) in [4.78, 5) is 14.3. The standard InChI is InChI=1S/C13H12Br2N2O/c14-9-2-5-12(15)11(8-9)13(18)17(7-1-6-16)10-3-4-10/h2,5,8,10H,1,3-4,7H2. The highest BCUT2D eigenvalue weighted by Gasteiger charge is 2.33. The number of hydrogen-bond acceptors (Lipinski definition) is 2. The van der Waals surface area contributed by atoms with Gasteiger partial charge in [0.05, 0.1) is 18.1 Å². The van der Waals surface area contributed by atoms with Crippen molar-refractivity contribution in [3.8, 4) is 6.07 Å². The Hall–Kier alpha value is -0.860. The van der Waals surface area contributed by atoms with E-state index in [9.17, 15) is 4.79 Å². The molecule has 1 aromatic carbocycles. The van der Waals surface area contributed by atoms with Crippen LogP contribution in [0, 0.1) is 11.3 Å². The van der Waals surface area contributed by atoms with Crippen LogP contribution in [0.25, 0.3) is 0 Å². The average Bonchev–Trinajstić information content (AvgIpc) is 3.17. The van der Waals surface area contributed by atoms with Crippen LogP contribution in [0.2, 0.25) is 0 Å². The number of carbonyl (C=O) groups is 1. The first-order valence-electron chi connectivity index (χ1n) is 5.76. The van der Waals surface area contributed by atoms with Crippen molar-refractivity contribution in [1.82, 2.24) is 4.90 Å². The molecule has 94 valence electrons. The Labute approximate surface area is 123 Å². The fourth-order valence-electron chi connectivity index (χ4n) is 1.82. The number of nitrogens with zero attached hydrogens (tertiary/aromatic N) is 2. The molecular formula is C13H12Br2N2O. The molecule has 1 aliphatic rings. The predicted molar refractivity (Wildman–Crippen MR) is 76.1 cm³/mol. The van der Waals surface area contributed by atoms with Crippen molar-refractivity contribution < 1.29 is 4.79 Å². The number of rotatable bonds is 4. The molecule has 5 heteroatoms. The normalized spacial score (nSPS) is 14.1. The average molecular weight is 372 g/mol. The van der Waals surface area contributed by atoms with Crippen molar-refractivity contribution in [1.29, 1.82) is 5.26 Å². The topological polar surface area (TPSA) is 44.1 Å². The van der Waals surface area contributed by atoms with Gasteiger partial charge >= 0.3 is 0 Å². The third-order valence-corrected chi connectivity index (χ3v) is 4.06. The lowest BCUT2D eigenvalue weighted by Crippen LogP contribution is -2.34. The molecule has 0 saturated heterocycles. The van der Waals surface area contributed by atoms with Gasteiger partial charge in [0.2, 0.25) is 0 Å². The van der Waals surface area contributed by atoms with E-state index in [1.165, 1.54) is 0 Å². The zero-order chi connectivity index (χ0) is 13.1. The number of halogens is 2. The molecule has 1 aliphatic carbocycles. The van der Waals surface area contributed by atoms with Gasteiger partial charge in [-0.1, -0.05) is 15.9 Å². The molecule has 2 rings (SSSR count). The second kappa shape index (κ2) is 5.85. The maximum Gasteiger partial charge on any atom is 0.255 e. The minimum Gasteiger partial charge on any atom is -0.335 e. The molecular weight excluding hydrogens is 360 g/mol. The molecule has 0 radical (unpaired) electrons. The number of carbonyl (C=O) groups excluding carboxylic acids is 1. The molecule has 0 N–H and O–H groups in total. The van der Waals surface area contributed by atoms with Crippen molar-refractivity contribution in [3.63, 3.8) is 0 Å². The molecule has 0 unspecified atom stereocenters. The predicted octanol–water partition coefficient (Wildman–Crippen LogP) is 3.73. The van der Waals surface area contributed by atoms with E-state index in [4.69, 9.17) is 5.26 Å². The smallest absolute Gasteiger partial charge is 0.255 e. The van der Waals surface area contributed by atoms with Gasteiger partial charge in [-0.15, -0.1) is 0 Å². The molecule has 1 amide bonds. The molecule has 18 heavy (non-hydrogen) atoms. The van der Waals surface area contributed by atoms with Crippen LogP contribution in [-0.4, -0.2) is 23.4 Å². The largest absolute Gasteiger partial charge is 0.335 e. The Morgan fingerprint density at radius 1 is 1.44 bits per heavy atom. The van der Waals surface area contributed by atoms with E-state index < -0.39 is 0 Å². The number of benzene rings is 1. The van der Waals surface area contributed by atoms with Gasteiger partial charge in [0.25, 0.3) is 5.91 Å². The van der Waals surface area contributed by atoms with E-state index in [0.29, 0.717) is 24.6 Å². The summed E-state index contributed by atoms with van der Waals surface area (Å²) >= 11 is 6.78. The van der Waals surface area contributed by atoms with Crippen molar-refractivity contribution in [2.24, 2.45) is 0 Å². The fraction of sp³-hybridized carbons (Fsp3) is 0.385. The molecule has 0 bridgehead atoms. The van der Waals surface area contributed by atoms with Gasteiger partial charge in [-0.2, -0.15) is 5.26 Å². The van der Waals surface area contributed by atoms with E-state index in [1.54, 1.807) is 0 Å². The maximum absolute atomic E-state index is 12.5. The zero-order valence-electron chi connectivity index (χ0n) is 9.70. The lowest BCUT2D eigenvalue weighted by Gasteiger charge is -2.22. The molecule has 1 aromatic rings. The first-order chi connectivity index (χ1) is 8.63. The van der Waals surface area contributed by atoms with Gasteiger partial charge in [0.1, 0.15) is 0 Å². The lowest BCUT2D eigenvalue weighted by atomic mass is 10.2. The Morgan fingerprint density at radius 2 is 2.17 bits per heavy atom. The first kappa shape index (κ1) is 13.6. The van der Waals surface area contributed by atoms with Crippen molar-refractivity contribution in [3.05, 3.63) is 32.7 Å². The molecule has 0 spiro atoms. The Kier molecular flexibility index (Phi) is 4.41. The van der Waals surface area contributed by atoms with E-state index >= 15 is 0 Å². The van der Waals surface area contributed by atoms with Crippen LogP contribution in [0.5, 0.6) is 0 Å². The molecule has 1 fully saturated rings. The van der Waals surface area contributed by atoms with E-state index in [-0.39, 0.29) is 5.91 Å². The third kappa shape index (κ3) is 3.12. The monoisotopic (exact) mass is 370 g/mol. The van der Waals surface area contributed by atoms with E-state index in [2.05, 4.69) is 37.9 Å². The zero-order valence-corrected chi connectivity index (χ0v) is 12.9. The van der Waals surface area contributed by atoms with Crippen molar-refractivity contribution >= 4 is 37.8 Å². The van der Waals surface area contributed by atoms with Crippen LogP contribution < -0.4 is 0 Å². The quantitative estimate of drug-likeness (QED) is 0.809. The van der Waals surface area contributed by atoms with Crippen LogP contribution in [0.3, 0.4) is 0 Å². The summed E-state index contributed by atoms with van der Waals surface area (Å²) in [6.45, 7) is 0.513. The molecule has 0 aromatic heterocycles. The maximum atomic E-state index is 12.5. The van der Waals surface area contributed by atoms with Gasteiger partial charge in [-0.25, -0.2) is 0 Å². The molecule has 3 nitrogen and oxygen atoms in total. The summed E-state index contributed by atoms with van der Waals surface area (Å²) in [5.41, 5.74) is 0.647. The SMILES string of the molecule is N#CCCN(C(=O)c1cc(Br)ccc1Br)C1CC1. The third-order valence-electron chi connectivity index (χ3n) is 2.87. The highest BCUT2D eigenvalue weighted by Crippen LogP contribution is 2.30. The molecule has 1 saturated carbocycles. The van der Waals surface area contributed by atoms with Gasteiger partial charge < -0.3 is 4.90 Å². The summed E-state index contributed by atoms with van der Waals surface area (Å²) in [6.07, 6.45) is 2.47. The minimum absolute atomic E-state index is 0.000856. The highest BCUT2D eigenvalue weighted by molar-refractivity contribution is 9.11. The second-order valence-electron chi connectivity index (χ2n) is 4.26. The summed E-state index contributed by atoms with van der Waals surface area (Å²) in [5.74, 6) is 0.000856.